The average molecular weight is 467 g/mol. The van der Waals surface area contributed by atoms with Gasteiger partial charge in [0.05, 0.1) is 18.2 Å². The maximum absolute atomic E-state index is 12.5. The van der Waals surface area contributed by atoms with Gasteiger partial charge in [-0.05, 0) is 75.6 Å². The van der Waals surface area contributed by atoms with Crippen molar-refractivity contribution in [2.75, 3.05) is 17.1 Å². The molecule has 0 aliphatic rings. The number of benzene rings is 2. The van der Waals surface area contributed by atoms with Gasteiger partial charge in [-0.25, -0.2) is 13.8 Å². The van der Waals surface area contributed by atoms with Gasteiger partial charge < -0.3 is 4.57 Å². The van der Waals surface area contributed by atoms with Crippen LogP contribution in [0.4, 0.5) is 5.69 Å². The average Bonchev–Trinajstić information content (AvgIpc) is 3.01. The van der Waals surface area contributed by atoms with Crippen LogP contribution in [0.1, 0.15) is 33.6 Å². The van der Waals surface area contributed by atoms with Gasteiger partial charge >= 0.3 is 0 Å². The van der Waals surface area contributed by atoms with E-state index in [1.807, 2.05) is 52.0 Å². The summed E-state index contributed by atoms with van der Waals surface area (Å²) < 4.78 is 27.8. The lowest BCUT2D eigenvalue weighted by atomic mass is 10.1. The van der Waals surface area contributed by atoms with Gasteiger partial charge in [0, 0.05) is 22.6 Å². The fraction of sp³-hybridized carbons (Fsp3) is 0.280. The Hall–Kier alpha value is -3.39. The van der Waals surface area contributed by atoms with E-state index in [1.165, 1.54) is 0 Å². The lowest BCUT2D eigenvalue weighted by Crippen LogP contribution is -2.39. The van der Waals surface area contributed by atoms with E-state index in [0.29, 0.717) is 5.69 Å². The third-order valence-corrected chi connectivity index (χ3v) is 6.83. The van der Waals surface area contributed by atoms with E-state index >= 15 is 0 Å². The summed E-state index contributed by atoms with van der Waals surface area (Å²) in [5.41, 5.74) is 10.0. The first kappa shape index (κ1) is 24.3. The summed E-state index contributed by atoms with van der Waals surface area (Å²) in [5.74, 6) is -0.525. The molecule has 3 rings (SSSR count). The third kappa shape index (κ3) is 5.51. The number of anilines is 1. The fourth-order valence-electron chi connectivity index (χ4n) is 3.72. The predicted octanol–water partition coefficient (Wildman–Crippen LogP) is 3.94. The first-order valence-electron chi connectivity index (χ1n) is 10.6. The van der Waals surface area contributed by atoms with Gasteiger partial charge in [0.15, 0.2) is 0 Å². The highest BCUT2D eigenvalue weighted by Gasteiger charge is 2.21. The minimum atomic E-state index is -3.65. The van der Waals surface area contributed by atoms with Crippen LogP contribution in [0.3, 0.4) is 0 Å². The molecule has 0 fully saturated rings. The van der Waals surface area contributed by atoms with Crippen molar-refractivity contribution in [3.05, 3.63) is 82.2 Å². The van der Waals surface area contributed by atoms with Gasteiger partial charge in [-0.15, -0.1) is 0 Å². The van der Waals surface area contributed by atoms with Crippen molar-refractivity contribution < 1.29 is 13.2 Å². The quantitative estimate of drug-likeness (QED) is 0.423. The summed E-state index contributed by atoms with van der Waals surface area (Å²) in [5, 5.41) is 4.07. The Bertz CT molecular complexity index is 1320. The van der Waals surface area contributed by atoms with E-state index in [-0.39, 0.29) is 6.54 Å². The molecule has 1 aromatic heterocycles. The minimum absolute atomic E-state index is 0.360. The Morgan fingerprint density at radius 1 is 1.00 bits per heavy atom. The molecule has 2 aromatic carbocycles. The zero-order valence-electron chi connectivity index (χ0n) is 19.9. The molecule has 0 saturated heterocycles. The molecule has 0 unspecified atom stereocenters. The highest BCUT2D eigenvalue weighted by atomic mass is 32.2. The molecule has 0 saturated carbocycles. The number of carbonyl (C=O) groups excluding carboxylic acids is 1. The van der Waals surface area contributed by atoms with Gasteiger partial charge in [0.1, 0.15) is 6.54 Å². The Labute approximate surface area is 195 Å². The number of hydrogen-bond donors (Lipinski definition) is 1. The van der Waals surface area contributed by atoms with Crippen LogP contribution in [-0.2, 0) is 14.8 Å². The lowest BCUT2D eigenvalue weighted by Gasteiger charge is -2.22. The maximum atomic E-state index is 12.5. The predicted molar refractivity (Wildman–Crippen MR) is 134 cm³/mol. The molecule has 1 heterocycles. The lowest BCUT2D eigenvalue weighted by molar-refractivity contribution is -0.119. The van der Waals surface area contributed by atoms with Crippen LogP contribution in [0.5, 0.6) is 0 Å². The van der Waals surface area contributed by atoms with Crippen molar-refractivity contribution in [1.82, 2.24) is 9.99 Å². The molecule has 7 nitrogen and oxygen atoms in total. The molecule has 0 aliphatic carbocycles. The molecule has 174 valence electrons. The van der Waals surface area contributed by atoms with Crippen molar-refractivity contribution >= 4 is 27.8 Å². The molecule has 8 heteroatoms. The van der Waals surface area contributed by atoms with Gasteiger partial charge in [-0.2, -0.15) is 5.10 Å². The molecule has 0 radical (unpaired) electrons. The molecular formula is C25H30N4O3S. The molecule has 33 heavy (non-hydrogen) atoms. The fourth-order valence-corrected chi connectivity index (χ4v) is 4.57. The zero-order chi connectivity index (χ0) is 24.3. The van der Waals surface area contributed by atoms with Crippen LogP contribution in [-0.4, -0.2) is 37.9 Å². The number of amides is 1. The van der Waals surface area contributed by atoms with E-state index < -0.39 is 15.9 Å². The van der Waals surface area contributed by atoms with E-state index in [4.69, 9.17) is 0 Å². The van der Waals surface area contributed by atoms with Crippen LogP contribution in [0, 0.1) is 34.6 Å². The number of aryl methyl sites for hydroxylation is 4. The second kappa shape index (κ2) is 9.62. The number of rotatable bonds is 7. The Morgan fingerprint density at radius 3 is 2.33 bits per heavy atom. The molecular weight excluding hydrogens is 436 g/mol. The molecule has 0 aliphatic heterocycles. The Kier molecular flexibility index (Phi) is 7.07. The highest BCUT2D eigenvalue weighted by molar-refractivity contribution is 7.92. The summed E-state index contributed by atoms with van der Waals surface area (Å²) >= 11 is 0. The molecule has 1 amide bonds. The van der Waals surface area contributed by atoms with Crippen LogP contribution in [0.25, 0.3) is 5.69 Å². The minimum Gasteiger partial charge on any atom is -0.318 e. The number of nitrogens with one attached hydrogen (secondary N) is 1. The topological polar surface area (TPSA) is 83.8 Å². The van der Waals surface area contributed by atoms with Gasteiger partial charge in [0.25, 0.3) is 5.91 Å². The van der Waals surface area contributed by atoms with Crippen molar-refractivity contribution in [3.63, 3.8) is 0 Å². The van der Waals surface area contributed by atoms with E-state index in [1.54, 1.807) is 18.3 Å². The summed E-state index contributed by atoms with van der Waals surface area (Å²) in [7, 11) is -3.65. The number of hydrazone groups is 1. The van der Waals surface area contributed by atoms with E-state index in [9.17, 15) is 13.2 Å². The second-order valence-electron chi connectivity index (χ2n) is 8.28. The SMILES string of the molecule is Cc1ccc(N(CC(=O)N/N=C\c2cc(C)n(-c3ccccc3C)c2C)S(C)(=O)=O)cc1C. The first-order chi connectivity index (χ1) is 15.5. The standard InChI is InChI=1S/C25H30N4O3S/c1-17-11-12-23(13-19(17)3)28(33(6,31)32)16-25(30)27-26-15-22-14-20(4)29(21(22)5)24-10-8-7-9-18(24)2/h7-15H,16H2,1-6H3,(H,27,30)/b26-15-. The van der Waals surface area contributed by atoms with Gasteiger partial charge in [-0.1, -0.05) is 24.3 Å². The number of sulfonamides is 1. The Morgan fingerprint density at radius 2 is 1.70 bits per heavy atom. The summed E-state index contributed by atoms with van der Waals surface area (Å²) in [4.78, 5) is 12.5. The Balaban J connectivity index is 1.76. The molecule has 1 N–H and O–H groups in total. The summed E-state index contributed by atoms with van der Waals surface area (Å²) in [6.07, 6.45) is 2.66. The monoisotopic (exact) mass is 466 g/mol. The zero-order valence-corrected chi connectivity index (χ0v) is 20.7. The second-order valence-corrected chi connectivity index (χ2v) is 10.2. The molecule has 0 atom stereocenters. The van der Waals surface area contributed by atoms with Crippen molar-refractivity contribution in [2.45, 2.75) is 34.6 Å². The van der Waals surface area contributed by atoms with Crippen LogP contribution in [0.15, 0.2) is 53.6 Å². The molecule has 3 aromatic rings. The van der Waals surface area contributed by atoms with Crippen LogP contribution in [0.2, 0.25) is 0 Å². The van der Waals surface area contributed by atoms with Crippen molar-refractivity contribution in [3.8, 4) is 5.69 Å². The van der Waals surface area contributed by atoms with E-state index in [0.717, 1.165) is 49.9 Å². The van der Waals surface area contributed by atoms with E-state index in [2.05, 4.69) is 34.2 Å². The maximum Gasteiger partial charge on any atom is 0.260 e. The van der Waals surface area contributed by atoms with Crippen molar-refractivity contribution in [2.24, 2.45) is 5.10 Å². The summed E-state index contributed by atoms with van der Waals surface area (Å²) in [6, 6.07) is 15.4. The smallest absolute Gasteiger partial charge is 0.260 e. The number of aromatic nitrogens is 1. The summed E-state index contributed by atoms with van der Waals surface area (Å²) in [6.45, 7) is 9.56. The van der Waals surface area contributed by atoms with Crippen LogP contribution < -0.4 is 9.73 Å². The third-order valence-electron chi connectivity index (χ3n) is 5.69. The number of hydrogen-bond acceptors (Lipinski definition) is 4. The number of nitrogens with zero attached hydrogens (tertiary/aromatic N) is 3. The molecule has 0 spiro atoms. The normalized spacial score (nSPS) is 11.7. The van der Waals surface area contributed by atoms with Gasteiger partial charge in [0.2, 0.25) is 10.0 Å². The van der Waals surface area contributed by atoms with Crippen molar-refractivity contribution in [1.29, 1.82) is 0 Å². The largest absolute Gasteiger partial charge is 0.318 e. The highest BCUT2D eigenvalue weighted by Crippen LogP contribution is 2.23. The first-order valence-corrected chi connectivity index (χ1v) is 12.5. The number of carbonyl (C=O) groups is 1. The molecule has 0 bridgehead atoms. The van der Waals surface area contributed by atoms with Gasteiger partial charge in [-0.3, -0.25) is 9.10 Å². The van der Waals surface area contributed by atoms with Crippen LogP contribution >= 0.6 is 0 Å². The number of para-hydroxylation sites is 1.